The van der Waals surface area contributed by atoms with Crippen molar-refractivity contribution in [3.63, 3.8) is 0 Å². The second-order valence-corrected chi connectivity index (χ2v) is 6.41. The average molecular weight is 374 g/mol. The lowest BCUT2D eigenvalue weighted by atomic mass is 10.1. The zero-order valence-electron chi connectivity index (χ0n) is 16.3. The molecule has 0 aromatic heterocycles. The zero-order valence-corrected chi connectivity index (χ0v) is 16.3. The lowest BCUT2D eigenvalue weighted by molar-refractivity contribution is 0.217. The predicted molar refractivity (Wildman–Crippen MR) is 117 cm³/mol. The van der Waals surface area contributed by atoms with Crippen LogP contribution in [0.5, 0.6) is 0 Å². The van der Waals surface area contributed by atoms with Gasteiger partial charge in [-0.2, -0.15) is 0 Å². The minimum Gasteiger partial charge on any atom is -0.399 e. The van der Waals surface area contributed by atoms with E-state index in [4.69, 9.17) is 5.73 Å². The third-order valence-corrected chi connectivity index (χ3v) is 4.59. The van der Waals surface area contributed by atoms with Crippen LogP contribution in [-0.4, -0.2) is 24.0 Å². The van der Waals surface area contributed by atoms with Crippen molar-refractivity contribution in [2.75, 3.05) is 29.0 Å². The SMILES string of the molecule is CCN(CC)C(=O)Nc1ccc(N(c2ccccc2)c2ccc(N)cc2)cc1. The van der Waals surface area contributed by atoms with Crippen LogP contribution in [0.1, 0.15) is 13.8 Å². The van der Waals surface area contributed by atoms with Crippen LogP contribution in [-0.2, 0) is 0 Å². The molecule has 3 aromatic rings. The highest BCUT2D eigenvalue weighted by Crippen LogP contribution is 2.35. The molecule has 3 rings (SSSR count). The van der Waals surface area contributed by atoms with Gasteiger partial charge in [0.1, 0.15) is 0 Å². The van der Waals surface area contributed by atoms with Crippen LogP contribution >= 0.6 is 0 Å². The number of urea groups is 1. The molecule has 3 N–H and O–H groups in total. The molecule has 0 heterocycles. The van der Waals surface area contributed by atoms with E-state index in [1.54, 1.807) is 4.90 Å². The molecular formula is C23H26N4O. The van der Waals surface area contributed by atoms with Crippen molar-refractivity contribution in [1.29, 1.82) is 0 Å². The Balaban J connectivity index is 1.89. The van der Waals surface area contributed by atoms with Crippen molar-refractivity contribution in [3.05, 3.63) is 78.9 Å². The molecule has 0 saturated heterocycles. The van der Waals surface area contributed by atoms with Crippen LogP contribution < -0.4 is 16.0 Å². The third-order valence-electron chi connectivity index (χ3n) is 4.59. The van der Waals surface area contributed by atoms with Crippen molar-refractivity contribution in [1.82, 2.24) is 4.90 Å². The van der Waals surface area contributed by atoms with Gasteiger partial charge in [0.05, 0.1) is 0 Å². The number of para-hydroxylation sites is 1. The lowest BCUT2D eigenvalue weighted by Crippen LogP contribution is -2.34. The van der Waals surface area contributed by atoms with Crippen molar-refractivity contribution >= 4 is 34.5 Å². The Morgan fingerprint density at radius 1 is 0.786 bits per heavy atom. The van der Waals surface area contributed by atoms with E-state index in [2.05, 4.69) is 22.3 Å². The predicted octanol–water partition coefficient (Wildman–Crippen LogP) is 5.61. The Labute approximate surface area is 166 Å². The minimum atomic E-state index is -0.0869. The van der Waals surface area contributed by atoms with Crippen molar-refractivity contribution < 1.29 is 4.79 Å². The number of anilines is 5. The maximum Gasteiger partial charge on any atom is 0.321 e. The monoisotopic (exact) mass is 374 g/mol. The van der Waals surface area contributed by atoms with Gasteiger partial charge in [0.25, 0.3) is 0 Å². The molecule has 0 aliphatic heterocycles. The minimum absolute atomic E-state index is 0.0869. The molecule has 144 valence electrons. The molecule has 3 aromatic carbocycles. The largest absolute Gasteiger partial charge is 0.399 e. The molecule has 0 spiro atoms. The van der Waals surface area contributed by atoms with Gasteiger partial charge in [-0.1, -0.05) is 18.2 Å². The van der Waals surface area contributed by atoms with Gasteiger partial charge in [-0.15, -0.1) is 0 Å². The van der Waals surface area contributed by atoms with Crippen molar-refractivity contribution in [2.45, 2.75) is 13.8 Å². The van der Waals surface area contributed by atoms with E-state index >= 15 is 0 Å². The Bertz CT molecular complexity index is 888. The molecule has 0 aliphatic carbocycles. The number of nitrogens with zero attached hydrogens (tertiary/aromatic N) is 2. The molecule has 5 nitrogen and oxygen atoms in total. The summed E-state index contributed by atoms with van der Waals surface area (Å²) in [4.78, 5) is 16.2. The first-order valence-corrected chi connectivity index (χ1v) is 9.49. The number of hydrogen-bond donors (Lipinski definition) is 2. The maximum absolute atomic E-state index is 12.3. The Kier molecular flexibility index (Phi) is 6.17. The Morgan fingerprint density at radius 2 is 1.29 bits per heavy atom. The van der Waals surface area contributed by atoms with Crippen LogP contribution in [0.15, 0.2) is 78.9 Å². The van der Waals surface area contributed by atoms with E-state index < -0.39 is 0 Å². The molecule has 2 amide bonds. The highest BCUT2D eigenvalue weighted by atomic mass is 16.2. The van der Waals surface area contributed by atoms with Crippen LogP contribution in [0, 0.1) is 0 Å². The molecule has 0 bridgehead atoms. The topological polar surface area (TPSA) is 61.6 Å². The summed E-state index contributed by atoms with van der Waals surface area (Å²) in [6.45, 7) is 5.30. The van der Waals surface area contributed by atoms with E-state index in [1.807, 2.05) is 80.6 Å². The third kappa shape index (κ3) is 4.43. The zero-order chi connectivity index (χ0) is 19.9. The summed E-state index contributed by atoms with van der Waals surface area (Å²) in [5, 5.41) is 2.95. The first-order valence-electron chi connectivity index (χ1n) is 9.49. The van der Waals surface area contributed by atoms with E-state index in [1.165, 1.54) is 0 Å². The van der Waals surface area contributed by atoms with Gasteiger partial charge in [-0.05, 0) is 74.5 Å². The maximum atomic E-state index is 12.3. The van der Waals surface area contributed by atoms with Gasteiger partial charge in [0, 0.05) is 41.5 Å². The highest BCUT2D eigenvalue weighted by Gasteiger charge is 2.13. The summed E-state index contributed by atoms with van der Waals surface area (Å²) in [6.07, 6.45) is 0. The van der Waals surface area contributed by atoms with Crippen LogP contribution in [0.2, 0.25) is 0 Å². The summed E-state index contributed by atoms with van der Waals surface area (Å²) in [6, 6.07) is 25.7. The quantitative estimate of drug-likeness (QED) is 0.551. The standard InChI is InChI=1S/C23H26N4O/c1-3-26(4-2)23(28)25-19-12-16-22(17-13-19)27(20-8-6-5-7-9-20)21-14-10-18(24)11-15-21/h5-17H,3-4,24H2,1-2H3,(H,25,28). The molecular weight excluding hydrogens is 348 g/mol. The van der Waals surface area contributed by atoms with Gasteiger partial charge in [0.2, 0.25) is 0 Å². The molecule has 0 radical (unpaired) electrons. The van der Waals surface area contributed by atoms with Gasteiger partial charge in [-0.25, -0.2) is 4.79 Å². The van der Waals surface area contributed by atoms with Crippen molar-refractivity contribution in [3.8, 4) is 0 Å². The summed E-state index contributed by atoms with van der Waals surface area (Å²) in [5.41, 5.74) is 10.4. The molecule has 0 saturated carbocycles. The molecule has 28 heavy (non-hydrogen) atoms. The molecule has 5 heteroatoms. The summed E-state index contributed by atoms with van der Waals surface area (Å²) < 4.78 is 0. The second kappa shape index (κ2) is 8.95. The van der Waals surface area contributed by atoms with Gasteiger partial charge < -0.3 is 20.9 Å². The van der Waals surface area contributed by atoms with E-state index in [-0.39, 0.29) is 6.03 Å². The summed E-state index contributed by atoms with van der Waals surface area (Å²) in [5.74, 6) is 0. The normalized spacial score (nSPS) is 10.4. The fourth-order valence-electron chi connectivity index (χ4n) is 3.05. The van der Waals surface area contributed by atoms with Gasteiger partial charge in [-0.3, -0.25) is 0 Å². The fraction of sp³-hybridized carbons (Fsp3) is 0.174. The number of nitrogen functional groups attached to an aromatic ring is 1. The number of carbonyl (C=O) groups is 1. The average Bonchev–Trinajstić information content (AvgIpc) is 2.73. The van der Waals surface area contributed by atoms with E-state index in [0.717, 1.165) is 28.4 Å². The molecule has 0 aliphatic rings. The van der Waals surface area contributed by atoms with Crippen LogP contribution in [0.3, 0.4) is 0 Å². The number of carbonyl (C=O) groups excluding carboxylic acids is 1. The summed E-state index contributed by atoms with van der Waals surface area (Å²) in [7, 11) is 0. The number of rotatable bonds is 6. The van der Waals surface area contributed by atoms with Gasteiger partial charge >= 0.3 is 6.03 Å². The number of benzene rings is 3. The van der Waals surface area contributed by atoms with E-state index in [0.29, 0.717) is 13.1 Å². The first kappa shape index (κ1) is 19.3. The smallest absolute Gasteiger partial charge is 0.321 e. The summed E-state index contributed by atoms with van der Waals surface area (Å²) >= 11 is 0. The lowest BCUT2D eigenvalue weighted by Gasteiger charge is -2.26. The Hall–Kier alpha value is -3.47. The second-order valence-electron chi connectivity index (χ2n) is 6.41. The number of amides is 2. The Morgan fingerprint density at radius 3 is 1.82 bits per heavy atom. The number of hydrogen-bond acceptors (Lipinski definition) is 3. The fourth-order valence-corrected chi connectivity index (χ4v) is 3.05. The number of nitrogens with one attached hydrogen (secondary N) is 1. The van der Waals surface area contributed by atoms with Crippen molar-refractivity contribution in [2.24, 2.45) is 0 Å². The van der Waals surface area contributed by atoms with E-state index in [9.17, 15) is 4.79 Å². The first-order chi connectivity index (χ1) is 13.6. The van der Waals surface area contributed by atoms with Crippen LogP contribution in [0.4, 0.5) is 33.2 Å². The number of nitrogens with two attached hydrogens (primary N) is 1. The van der Waals surface area contributed by atoms with Crippen LogP contribution in [0.25, 0.3) is 0 Å². The molecule has 0 fully saturated rings. The van der Waals surface area contributed by atoms with Gasteiger partial charge in [0.15, 0.2) is 0 Å². The molecule has 0 atom stereocenters. The molecule has 0 unspecified atom stereocenters. The highest BCUT2D eigenvalue weighted by molar-refractivity contribution is 5.90.